The molecule has 5 aromatic carbocycles. The van der Waals surface area contributed by atoms with Crippen LogP contribution in [0.3, 0.4) is 0 Å². The molecule has 0 spiro atoms. The minimum absolute atomic E-state index is 0. The summed E-state index contributed by atoms with van der Waals surface area (Å²) in [6, 6.07) is 21.3. The molecule has 1 fully saturated rings. The molecular weight excluding hydrogens is 1130 g/mol. The number of hydrogen-bond acceptors (Lipinski definition) is 13. The van der Waals surface area contributed by atoms with Crippen LogP contribution in [0.5, 0.6) is 11.5 Å². The second-order valence-electron chi connectivity index (χ2n) is 16.2. The van der Waals surface area contributed by atoms with Crippen LogP contribution >= 0.6 is 47.8 Å². The van der Waals surface area contributed by atoms with Crippen molar-refractivity contribution in [3.05, 3.63) is 133 Å². The summed E-state index contributed by atoms with van der Waals surface area (Å²) in [7, 11) is -0.607. The van der Waals surface area contributed by atoms with Gasteiger partial charge in [0.15, 0.2) is 46.2 Å². The molecule has 1 aliphatic heterocycles. The van der Waals surface area contributed by atoms with Crippen molar-refractivity contribution in [1.82, 2.24) is 9.97 Å². The van der Waals surface area contributed by atoms with Crippen molar-refractivity contribution in [2.24, 2.45) is 0 Å². The van der Waals surface area contributed by atoms with Crippen molar-refractivity contribution in [2.45, 2.75) is 100 Å². The van der Waals surface area contributed by atoms with Gasteiger partial charge in [0, 0.05) is 54.0 Å². The molecule has 0 radical (unpaired) electrons. The molecule has 0 amide bonds. The number of nitrogens with zero attached hydrogens (tertiary/aromatic N) is 2. The molecule has 0 unspecified atom stereocenters. The van der Waals surface area contributed by atoms with Gasteiger partial charge in [-0.15, -0.1) is 0 Å². The number of halogens is 7. The predicted molar refractivity (Wildman–Crippen MR) is 280 cm³/mol. The molecule has 13 nitrogen and oxygen atoms in total. The third-order valence-corrected chi connectivity index (χ3v) is 11.6. The SMILES string of the molecule is C.CCOC(C)(OCC)OCC.Cc1nc2c(F)cc(B3OC(C)(C)C(C)(C)O3)cc2o1.Cc1nc2c(F)cc(Br)cc2o1.Nc1c(F)cc(Br)cc1OCc1ccccc1.Nc1c(O)cc(Br)cc1F. The highest BCUT2D eigenvalue weighted by atomic mass is 79.9. The largest absolute Gasteiger partial charge is 0.506 e. The van der Waals surface area contributed by atoms with Gasteiger partial charge in [0.25, 0.3) is 5.97 Å². The Labute approximate surface area is 437 Å². The first-order valence-electron chi connectivity index (χ1n) is 21.7. The number of aryl methyl sites for hydroxylation is 2. The highest BCUT2D eigenvalue weighted by Gasteiger charge is 2.52. The molecule has 7 aromatic rings. The molecule has 0 saturated carbocycles. The second kappa shape index (κ2) is 26.8. The third-order valence-electron chi connectivity index (χ3n) is 10.2. The van der Waals surface area contributed by atoms with Crippen LogP contribution < -0.4 is 21.7 Å². The van der Waals surface area contributed by atoms with Gasteiger partial charge >= 0.3 is 7.12 Å². The van der Waals surface area contributed by atoms with E-state index in [9.17, 15) is 17.6 Å². The zero-order valence-electron chi connectivity index (χ0n) is 40.3. The Morgan fingerprint density at radius 2 is 1.08 bits per heavy atom. The summed E-state index contributed by atoms with van der Waals surface area (Å²) < 4.78 is 98.4. The maximum atomic E-state index is 14.1. The standard InChI is InChI=1S/C14H17BFNO3.C13H11BrFNO.C8H5BrFNO.C8H18O3.C6H5BrFNO.CH4/c1-8-17-12-10(16)6-9(7-11(12)18-8)15-19-13(2,3)14(4,5)20-15;14-10-6-11(15)13(16)12(7-10)17-8-9-4-2-1-3-5-9;1-4-11-8-6(10)2-5(9)3-7(8)12-4;1-5-9-8(4,10-6-2)11-7-3;7-3-1-4(8)6(9)5(10)2-3;/h6-7H,1-5H3;1-7H,8,16H2;2-3H,1H3;5-7H2,1-4H3;1-2,10H,9H2;1H4. The predicted octanol–water partition coefficient (Wildman–Crippen LogP) is 13.6. The molecule has 21 heteroatoms. The number of phenolic OH excluding ortho intramolecular Hbond substituents is 1. The fourth-order valence-electron chi connectivity index (χ4n) is 6.20. The van der Waals surface area contributed by atoms with Gasteiger partial charge in [-0.1, -0.05) is 85.5 Å². The van der Waals surface area contributed by atoms with E-state index in [1.807, 2.05) is 78.8 Å². The number of nitrogen functional groups attached to an aromatic ring is 2. The quantitative estimate of drug-likeness (QED) is 0.0387. The zero-order chi connectivity index (χ0) is 52.1. The summed E-state index contributed by atoms with van der Waals surface area (Å²) in [4.78, 5) is 7.91. The number of fused-ring (bicyclic) bond motifs is 2. The molecule has 386 valence electrons. The van der Waals surface area contributed by atoms with Gasteiger partial charge in [0.1, 0.15) is 40.5 Å². The van der Waals surface area contributed by atoms with Gasteiger partial charge in [-0.2, -0.15) is 0 Å². The van der Waals surface area contributed by atoms with E-state index in [-0.39, 0.29) is 41.4 Å². The van der Waals surface area contributed by atoms with Gasteiger partial charge in [0.2, 0.25) is 0 Å². The van der Waals surface area contributed by atoms with Gasteiger partial charge in [0.05, 0.1) is 11.2 Å². The number of aromatic nitrogens is 2. The van der Waals surface area contributed by atoms with E-state index >= 15 is 0 Å². The molecule has 1 aliphatic rings. The monoisotopic (exact) mass is 1180 g/mol. The van der Waals surface area contributed by atoms with Crippen LogP contribution in [-0.4, -0.2) is 59.2 Å². The molecule has 1 saturated heterocycles. The molecule has 0 atom stereocenters. The highest BCUT2D eigenvalue weighted by molar-refractivity contribution is 9.11. The summed E-state index contributed by atoms with van der Waals surface area (Å²) in [5.74, 6) is -1.73. The summed E-state index contributed by atoms with van der Waals surface area (Å²) in [5, 5.41) is 8.89. The van der Waals surface area contributed by atoms with Crippen LogP contribution in [0.15, 0.2) is 101 Å². The number of ether oxygens (including phenoxy) is 4. The lowest BCUT2D eigenvalue weighted by Crippen LogP contribution is -2.41. The van der Waals surface area contributed by atoms with Crippen molar-refractivity contribution in [3.8, 4) is 11.5 Å². The van der Waals surface area contributed by atoms with Gasteiger partial charge in [-0.05, 0) is 108 Å². The number of anilines is 2. The summed E-state index contributed by atoms with van der Waals surface area (Å²) >= 11 is 9.35. The van der Waals surface area contributed by atoms with E-state index in [4.69, 9.17) is 53.7 Å². The molecule has 5 N–H and O–H groups in total. The van der Waals surface area contributed by atoms with Crippen molar-refractivity contribution < 1.29 is 59.8 Å². The fourth-order valence-corrected chi connectivity index (χ4v) is 7.44. The molecule has 8 rings (SSSR count). The van der Waals surface area contributed by atoms with E-state index in [1.165, 1.54) is 30.3 Å². The van der Waals surface area contributed by atoms with Crippen LogP contribution in [0.4, 0.5) is 28.9 Å². The van der Waals surface area contributed by atoms with E-state index < -0.39 is 41.7 Å². The third kappa shape index (κ3) is 17.2. The highest BCUT2D eigenvalue weighted by Crippen LogP contribution is 2.37. The number of aromatic hydroxyl groups is 1. The topological polar surface area (TPSA) is 180 Å². The van der Waals surface area contributed by atoms with Gasteiger partial charge < -0.3 is 53.7 Å². The Morgan fingerprint density at radius 3 is 1.58 bits per heavy atom. The van der Waals surface area contributed by atoms with E-state index in [1.54, 1.807) is 39.0 Å². The van der Waals surface area contributed by atoms with E-state index in [2.05, 4.69) is 57.8 Å². The van der Waals surface area contributed by atoms with Crippen LogP contribution in [0.1, 0.15) is 80.2 Å². The summed E-state index contributed by atoms with van der Waals surface area (Å²) in [5.41, 5.74) is 12.6. The first kappa shape index (κ1) is 60.6. The molecule has 3 heterocycles. The smallest absolute Gasteiger partial charge is 0.495 e. The van der Waals surface area contributed by atoms with Crippen LogP contribution in [0.2, 0.25) is 0 Å². The van der Waals surface area contributed by atoms with Gasteiger partial charge in [-0.3, -0.25) is 0 Å². The van der Waals surface area contributed by atoms with Crippen LogP contribution in [0.25, 0.3) is 22.2 Å². The van der Waals surface area contributed by atoms with Crippen LogP contribution in [-0.2, 0) is 30.1 Å². The van der Waals surface area contributed by atoms with Crippen LogP contribution in [0, 0.1) is 37.1 Å². The Hall–Kier alpha value is -4.74. The average Bonchev–Trinajstić information content (AvgIpc) is 3.92. The minimum atomic E-state index is -0.849. The Bertz CT molecular complexity index is 2770. The molecule has 2 aromatic heterocycles. The maximum Gasteiger partial charge on any atom is 0.495 e. The number of hydrogen-bond donors (Lipinski definition) is 3. The number of benzene rings is 5. The Kier molecular flexibility index (Phi) is 22.9. The summed E-state index contributed by atoms with van der Waals surface area (Å²) in [6.07, 6.45) is 0. The second-order valence-corrected chi connectivity index (χ2v) is 18.9. The lowest BCUT2D eigenvalue weighted by molar-refractivity contribution is -0.365. The number of rotatable bonds is 10. The number of phenols is 1. The lowest BCUT2D eigenvalue weighted by Gasteiger charge is -2.32. The average molecular weight is 1190 g/mol. The first-order chi connectivity index (χ1) is 32.8. The van der Waals surface area contributed by atoms with E-state index in [0.717, 1.165) is 5.56 Å². The lowest BCUT2D eigenvalue weighted by atomic mass is 9.79. The molecular formula is C50H60BBr3F4N4O9. The number of nitrogens with two attached hydrogens (primary N) is 2. The summed E-state index contributed by atoms with van der Waals surface area (Å²) in [6.45, 7) is 20.9. The van der Waals surface area contributed by atoms with Crippen molar-refractivity contribution in [1.29, 1.82) is 0 Å². The molecule has 0 aliphatic carbocycles. The Balaban J connectivity index is 0.000000240. The van der Waals surface area contributed by atoms with Crippen molar-refractivity contribution in [3.63, 3.8) is 0 Å². The Morgan fingerprint density at radius 1 is 0.648 bits per heavy atom. The van der Waals surface area contributed by atoms with Gasteiger partial charge in [-0.25, -0.2) is 27.5 Å². The zero-order valence-corrected chi connectivity index (χ0v) is 45.1. The first-order valence-corrected chi connectivity index (χ1v) is 24.1. The molecule has 0 bridgehead atoms. The van der Waals surface area contributed by atoms with Crippen molar-refractivity contribution >= 4 is 93.9 Å². The van der Waals surface area contributed by atoms with Crippen molar-refractivity contribution in [2.75, 3.05) is 31.3 Å². The normalized spacial score (nSPS) is 13.4. The molecule has 71 heavy (non-hydrogen) atoms. The minimum Gasteiger partial charge on any atom is -0.506 e. The fraction of sp³-hybridized carbons (Fsp3) is 0.360. The maximum absolute atomic E-state index is 14.1. The number of oxazole rings is 2. The van der Waals surface area contributed by atoms with E-state index in [0.29, 0.717) is 74.0 Å².